The van der Waals surface area contributed by atoms with Crippen LogP contribution in [0.5, 0.6) is 0 Å². The number of hydrogen-bond donors (Lipinski definition) is 0. The second-order valence-corrected chi connectivity index (χ2v) is 11.6. The molecule has 0 saturated heterocycles. The van der Waals surface area contributed by atoms with E-state index in [0.29, 0.717) is 0 Å². The first-order chi connectivity index (χ1) is 20.8. The number of nitrogens with zero attached hydrogens (tertiary/aromatic N) is 2. The van der Waals surface area contributed by atoms with Crippen LogP contribution in [-0.2, 0) is 0 Å². The molecule has 0 aliphatic heterocycles. The van der Waals surface area contributed by atoms with Gasteiger partial charge >= 0.3 is 0 Å². The van der Waals surface area contributed by atoms with Gasteiger partial charge in [0.25, 0.3) is 0 Å². The third-order valence-corrected chi connectivity index (χ3v) is 9.26. The van der Waals surface area contributed by atoms with Crippen LogP contribution in [0.4, 0.5) is 0 Å². The summed E-state index contributed by atoms with van der Waals surface area (Å²) in [7, 11) is 0. The zero-order chi connectivity index (χ0) is 27.6. The van der Waals surface area contributed by atoms with Gasteiger partial charge < -0.3 is 4.42 Å². The highest BCUT2D eigenvalue weighted by atomic mass is 32.1. The Labute approximate surface area is 245 Å². The quantitative estimate of drug-likeness (QED) is 0.218. The second kappa shape index (κ2) is 9.10. The van der Waals surface area contributed by atoms with Gasteiger partial charge in [0.15, 0.2) is 5.82 Å². The summed E-state index contributed by atoms with van der Waals surface area (Å²) in [5, 5.41) is 5.68. The number of fused-ring (bicyclic) bond motifs is 8. The summed E-state index contributed by atoms with van der Waals surface area (Å²) >= 11 is 1.74. The summed E-state index contributed by atoms with van der Waals surface area (Å²) in [6, 6.07) is 46.6. The lowest BCUT2D eigenvalue weighted by Crippen LogP contribution is -1.93. The second-order valence-electron chi connectivity index (χ2n) is 10.6. The molecule has 196 valence electrons. The molecule has 0 saturated carbocycles. The molecule has 0 atom stereocenters. The molecule has 0 aliphatic rings. The first-order valence-corrected chi connectivity index (χ1v) is 14.8. The van der Waals surface area contributed by atoms with E-state index in [-0.39, 0.29) is 0 Å². The third kappa shape index (κ3) is 3.52. The normalized spacial score (nSPS) is 11.8. The summed E-state index contributed by atoms with van der Waals surface area (Å²) in [4.78, 5) is 10.2. The van der Waals surface area contributed by atoms with E-state index in [9.17, 15) is 0 Å². The van der Waals surface area contributed by atoms with Crippen LogP contribution < -0.4 is 0 Å². The van der Waals surface area contributed by atoms with Gasteiger partial charge in [-0.2, -0.15) is 0 Å². The van der Waals surface area contributed by atoms with Crippen LogP contribution in [0.15, 0.2) is 138 Å². The smallest absolute Gasteiger partial charge is 0.160 e. The predicted octanol–water partition coefficient (Wildman–Crippen LogP) is 10.9. The van der Waals surface area contributed by atoms with Crippen LogP contribution in [0.2, 0.25) is 0 Å². The van der Waals surface area contributed by atoms with Gasteiger partial charge in [-0.15, -0.1) is 11.3 Å². The Morgan fingerprint density at radius 3 is 2.00 bits per heavy atom. The van der Waals surface area contributed by atoms with E-state index in [1.807, 2.05) is 18.2 Å². The predicted molar refractivity (Wildman–Crippen MR) is 176 cm³/mol. The van der Waals surface area contributed by atoms with Crippen molar-refractivity contribution in [3.8, 4) is 33.8 Å². The number of thiophene rings is 1. The molecule has 3 nitrogen and oxygen atoms in total. The zero-order valence-corrected chi connectivity index (χ0v) is 23.2. The maximum absolute atomic E-state index is 6.66. The molecule has 0 aliphatic carbocycles. The van der Waals surface area contributed by atoms with E-state index in [4.69, 9.17) is 14.4 Å². The highest BCUT2D eigenvalue weighted by Gasteiger charge is 2.19. The zero-order valence-electron chi connectivity index (χ0n) is 22.4. The van der Waals surface area contributed by atoms with Gasteiger partial charge in [-0.3, -0.25) is 0 Å². The van der Waals surface area contributed by atoms with Crippen molar-refractivity contribution in [2.24, 2.45) is 0 Å². The van der Waals surface area contributed by atoms with E-state index in [2.05, 4.69) is 115 Å². The third-order valence-electron chi connectivity index (χ3n) is 8.09. The summed E-state index contributed by atoms with van der Waals surface area (Å²) in [5.74, 6) is 0.727. The molecule has 0 spiro atoms. The van der Waals surface area contributed by atoms with Crippen molar-refractivity contribution in [2.45, 2.75) is 0 Å². The van der Waals surface area contributed by atoms with E-state index < -0.39 is 0 Å². The minimum atomic E-state index is 0.727. The number of benzene rings is 6. The fraction of sp³-hybridized carbons (Fsp3) is 0. The first kappa shape index (κ1) is 23.4. The molecule has 0 N–H and O–H groups in total. The Kier molecular flexibility index (Phi) is 5.07. The van der Waals surface area contributed by atoms with Gasteiger partial charge in [0, 0.05) is 37.4 Å². The molecule has 0 unspecified atom stereocenters. The van der Waals surface area contributed by atoms with Gasteiger partial charge in [-0.25, -0.2) is 9.97 Å². The molecule has 0 fully saturated rings. The molecule has 9 aromatic rings. The molecule has 3 aromatic heterocycles. The number of hydrogen-bond acceptors (Lipinski definition) is 4. The Balaban J connectivity index is 1.32. The van der Waals surface area contributed by atoms with Crippen LogP contribution in [0, 0.1) is 0 Å². The fourth-order valence-corrected chi connectivity index (χ4v) is 7.26. The van der Waals surface area contributed by atoms with Gasteiger partial charge in [0.05, 0.1) is 15.9 Å². The largest absolute Gasteiger partial charge is 0.455 e. The highest BCUT2D eigenvalue weighted by Crippen LogP contribution is 2.43. The van der Waals surface area contributed by atoms with Crippen molar-refractivity contribution in [1.82, 2.24) is 9.97 Å². The molecule has 0 bridgehead atoms. The van der Waals surface area contributed by atoms with Crippen LogP contribution in [0.3, 0.4) is 0 Å². The summed E-state index contributed by atoms with van der Waals surface area (Å²) in [5.41, 5.74) is 8.11. The molecule has 9 rings (SSSR count). The van der Waals surface area contributed by atoms with Crippen molar-refractivity contribution in [3.05, 3.63) is 133 Å². The van der Waals surface area contributed by atoms with Crippen molar-refractivity contribution >= 4 is 64.4 Å². The Hall–Kier alpha value is -5.32. The number of rotatable bonds is 3. The first-order valence-electron chi connectivity index (χ1n) is 14.0. The Morgan fingerprint density at radius 1 is 0.500 bits per heavy atom. The SMILES string of the molecule is c1ccc(-c2nc(-c3ccc4c(c3)oc3c5ccccc5c(-c5ccccc5)cc43)c3sc4ccccc4c3n2)cc1. The topological polar surface area (TPSA) is 38.9 Å². The monoisotopic (exact) mass is 554 g/mol. The molecular formula is C38H22N2OS. The molecule has 4 heteroatoms. The molecule has 0 radical (unpaired) electrons. The Morgan fingerprint density at radius 2 is 1.19 bits per heavy atom. The maximum Gasteiger partial charge on any atom is 0.160 e. The lowest BCUT2D eigenvalue weighted by atomic mass is 9.95. The highest BCUT2D eigenvalue weighted by molar-refractivity contribution is 7.26. The van der Waals surface area contributed by atoms with Gasteiger partial charge in [0.2, 0.25) is 0 Å². The van der Waals surface area contributed by atoms with Crippen molar-refractivity contribution < 1.29 is 4.42 Å². The lowest BCUT2D eigenvalue weighted by molar-refractivity contribution is 0.673. The number of aromatic nitrogens is 2. The number of furan rings is 1. The Bertz CT molecular complexity index is 2460. The van der Waals surface area contributed by atoms with E-state index in [1.165, 1.54) is 21.2 Å². The van der Waals surface area contributed by atoms with Crippen LogP contribution in [0.25, 0.3) is 86.8 Å². The van der Waals surface area contributed by atoms with Gasteiger partial charge in [-0.05, 0) is 40.8 Å². The minimum Gasteiger partial charge on any atom is -0.455 e. The van der Waals surface area contributed by atoms with Crippen molar-refractivity contribution in [3.63, 3.8) is 0 Å². The lowest BCUT2D eigenvalue weighted by Gasteiger charge is -2.08. The van der Waals surface area contributed by atoms with E-state index >= 15 is 0 Å². The average molecular weight is 555 g/mol. The van der Waals surface area contributed by atoms with E-state index in [1.54, 1.807) is 11.3 Å². The molecule has 42 heavy (non-hydrogen) atoms. The van der Waals surface area contributed by atoms with Gasteiger partial charge in [-0.1, -0.05) is 109 Å². The molecular weight excluding hydrogens is 532 g/mol. The summed E-state index contributed by atoms with van der Waals surface area (Å²) in [6.07, 6.45) is 0. The van der Waals surface area contributed by atoms with Crippen molar-refractivity contribution in [1.29, 1.82) is 0 Å². The average Bonchev–Trinajstić information content (AvgIpc) is 3.63. The molecule has 0 amide bonds. The van der Waals surface area contributed by atoms with Crippen molar-refractivity contribution in [2.75, 3.05) is 0 Å². The standard InChI is InChI=1S/C38H22N2OS/c1-3-11-23(12-4-1)30-22-31-27-20-19-25(21-32(27)41-36(31)28-16-8-7-15-26(28)30)34-37-35(29-17-9-10-18-33(29)42-37)40-38(39-34)24-13-5-2-6-14-24/h1-22H. The van der Waals surface area contributed by atoms with Gasteiger partial charge in [0.1, 0.15) is 11.2 Å². The van der Waals surface area contributed by atoms with Crippen LogP contribution in [0.1, 0.15) is 0 Å². The summed E-state index contributed by atoms with van der Waals surface area (Å²) < 4.78 is 8.96. The fourth-order valence-electron chi connectivity index (χ4n) is 6.10. The van der Waals surface area contributed by atoms with Crippen LogP contribution in [-0.4, -0.2) is 9.97 Å². The van der Waals surface area contributed by atoms with Crippen LogP contribution >= 0.6 is 11.3 Å². The summed E-state index contributed by atoms with van der Waals surface area (Å²) in [6.45, 7) is 0. The molecule has 6 aromatic carbocycles. The molecule has 3 heterocycles. The van der Waals surface area contributed by atoms with E-state index in [0.717, 1.165) is 65.6 Å². The maximum atomic E-state index is 6.66. The minimum absolute atomic E-state index is 0.727.